The maximum absolute atomic E-state index is 13.0. The number of piperidine rings is 2. The van der Waals surface area contributed by atoms with Crippen molar-refractivity contribution in [3.05, 3.63) is 0 Å². The summed E-state index contributed by atoms with van der Waals surface area (Å²) < 4.78 is 0. The zero-order chi connectivity index (χ0) is 17.9. The van der Waals surface area contributed by atoms with Crippen LogP contribution < -0.4 is 5.32 Å². The fraction of sp³-hybridized carbons (Fsp3) is 0.900. The maximum atomic E-state index is 13.0. The van der Waals surface area contributed by atoms with E-state index in [9.17, 15) is 9.59 Å². The first kappa shape index (κ1) is 18.7. The lowest BCUT2D eigenvalue weighted by Gasteiger charge is -2.48. The Balaban J connectivity index is 1.53. The van der Waals surface area contributed by atoms with E-state index in [4.69, 9.17) is 0 Å². The average molecular weight is 350 g/mol. The molecule has 2 aliphatic heterocycles. The number of amides is 2. The van der Waals surface area contributed by atoms with Crippen LogP contribution in [-0.4, -0.2) is 61.4 Å². The summed E-state index contributed by atoms with van der Waals surface area (Å²) in [5, 5.41) is 2.71. The molecule has 0 aromatic rings. The van der Waals surface area contributed by atoms with E-state index in [1.54, 1.807) is 7.05 Å². The number of likely N-dealkylation sites (N-methyl/N-ethyl adjacent to an activating group) is 1. The smallest absolute Gasteiger partial charge is 0.233 e. The zero-order valence-electron chi connectivity index (χ0n) is 16.1. The predicted molar refractivity (Wildman–Crippen MR) is 99.1 cm³/mol. The van der Waals surface area contributed by atoms with Crippen LogP contribution in [-0.2, 0) is 9.59 Å². The molecule has 25 heavy (non-hydrogen) atoms. The van der Waals surface area contributed by atoms with Crippen LogP contribution in [0.25, 0.3) is 0 Å². The summed E-state index contributed by atoms with van der Waals surface area (Å²) in [6.07, 6.45) is 9.22. The highest BCUT2D eigenvalue weighted by atomic mass is 16.2. The second kappa shape index (κ2) is 8.07. The topological polar surface area (TPSA) is 52.7 Å². The maximum Gasteiger partial charge on any atom is 0.233 e. The van der Waals surface area contributed by atoms with Crippen molar-refractivity contribution in [2.24, 2.45) is 17.3 Å². The van der Waals surface area contributed by atoms with Crippen LogP contribution >= 0.6 is 0 Å². The van der Waals surface area contributed by atoms with Gasteiger partial charge in [0.2, 0.25) is 11.8 Å². The van der Waals surface area contributed by atoms with Gasteiger partial charge in [0.15, 0.2) is 0 Å². The van der Waals surface area contributed by atoms with Crippen molar-refractivity contribution in [3.63, 3.8) is 0 Å². The molecule has 5 nitrogen and oxygen atoms in total. The normalized spacial score (nSPS) is 30.2. The monoisotopic (exact) mass is 349 g/mol. The third-order valence-corrected chi connectivity index (χ3v) is 6.90. The van der Waals surface area contributed by atoms with E-state index in [0.29, 0.717) is 17.9 Å². The predicted octanol–water partition coefficient (Wildman–Crippen LogP) is 2.26. The quantitative estimate of drug-likeness (QED) is 0.850. The second-order valence-electron chi connectivity index (χ2n) is 8.77. The molecule has 142 valence electrons. The number of nitrogens with zero attached hydrogens (tertiary/aromatic N) is 2. The molecule has 0 bridgehead atoms. The SMILES string of the molecule is CNC(=O)CN1CCC2(CCCN(C(=O)C3CCC(C)CC3)C2)CC1. The van der Waals surface area contributed by atoms with Gasteiger partial charge in [0.1, 0.15) is 0 Å². The highest BCUT2D eigenvalue weighted by molar-refractivity contribution is 5.79. The van der Waals surface area contributed by atoms with Gasteiger partial charge in [-0.1, -0.05) is 6.92 Å². The number of carbonyl (C=O) groups excluding carboxylic acids is 2. The Morgan fingerprint density at radius 3 is 2.36 bits per heavy atom. The van der Waals surface area contributed by atoms with Crippen molar-refractivity contribution < 1.29 is 9.59 Å². The first-order valence-electron chi connectivity index (χ1n) is 10.2. The van der Waals surface area contributed by atoms with E-state index < -0.39 is 0 Å². The highest BCUT2D eigenvalue weighted by Gasteiger charge is 2.41. The minimum atomic E-state index is 0.0999. The van der Waals surface area contributed by atoms with Gasteiger partial charge in [-0.2, -0.15) is 0 Å². The van der Waals surface area contributed by atoms with Crippen LogP contribution in [0.1, 0.15) is 58.3 Å². The zero-order valence-corrected chi connectivity index (χ0v) is 16.1. The van der Waals surface area contributed by atoms with Crippen LogP contribution in [0.2, 0.25) is 0 Å². The summed E-state index contributed by atoms with van der Waals surface area (Å²) in [5.41, 5.74) is 0.301. The molecular formula is C20H35N3O2. The molecule has 0 atom stereocenters. The summed E-state index contributed by atoms with van der Waals surface area (Å²) in [6, 6.07) is 0. The van der Waals surface area contributed by atoms with Crippen molar-refractivity contribution in [2.75, 3.05) is 39.8 Å². The molecule has 0 unspecified atom stereocenters. The minimum Gasteiger partial charge on any atom is -0.358 e. The lowest BCUT2D eigenvalue weighted by atomic mass is 9.72. The number of nitrogens with one attached hydrogen (secondary N) is 1. The van der Waals surface area contributed by atoms with Crippen molar-refractivity contribution in [2.45, 2.75) is 58.3 Å². The van der Waals surface area contributed by atoms with E-state index >= 15 is 0 Å². The Morgan fingerprint density at radius 1 is 1.04 bits per heavy atom. The molecule has 5 heteroatoms. The van der Waals surface area contributed by atoms with E-state index in [2.05, 4.69) is 22.0 Å². The molecule has 3 fully saturated rings. The number of carbonyl (C=O) groups is 2. The van der Waals surface area contributed by atoms with Gasteiger partial charge in [0.05, 0.1) is 6.54 Å². The van der Waals surface area contributed by atoms with Crippen LogP contribution in [0.15, 0.2) is 0 Å². The van der Waals surface area contributed by atoms with E-state index in [-0.39, 0.29) is 11.8 Å². The van der Waals surface area contributed by atoms with Crippen LogP contribution in [0, 0.1) is 17.3 Å². The first-order valence-corrected chi connectivity index (χ1v) is 10.2. The third-order valence-electron chi connectivity index (χ3n) is 6.90. The number of rotatable bonds is 3. The molecule has 2 heterocycles. The Labute approximate surface area is 152 Å². The van der Waals surface area contributed by atoms with E-state index in [1.807, 2.05) is 0 Å². The van der Waals surface area contributed by atoms with Crippen molar-refractivity contribution in [3.8, 4) is 0 Å². The Hall–Kier alpha value is -1.10. The van der Waals surface area contributed by atoms with Gasteiger partial charge in [-0.05, 0) is 75.8 Å². The summed E-state index contributed by atoms with van der Waals surface area (Å²) >= 11 is 0. The van der Waals surface area contributed by atoms with E-state index in [0.717, 1.165) is 64.2 Å². The fourth-order valence-electron chi connectivity index (χ4n) is 5.04. The van der Waals surface area contributed by atoms with Crippen LogP contribution in [0.5, 0.6) is 0 Å². The summed E-state index contributed by atoms with van der Waals surface area (Å²) in [4.78, 5) is 29.0. The summed E-state index contributed by atoms with van der Waals surface area (Å²) in [6.45, 7) is 6.69. The summed E-state index contributed by atoms with van der Waals surface area (Å²) in [7, 11) is 1.70. The van der Waals surface area contributed by atoms with Gasteiger partial charge < -0.3 is 10.2 Å². The third kappa shape index (κ3) is 4.55. The molecule has 1 N–H and O–H groups in total. The van der Waals surface area contributed by atoms with Crippen LogP contribution in [0.4, 0.5) is 0 Å². The molecule has 1 saturated carbocycles. The molecule has 0 aromatic heterocycles. The minimum absolute atomic E-state index is 0.0999. The average Bonchev–Trinajstić information content (AvgIpc) is 2.64. The summed E-state index contributed by atoms with van der Waals surface area (Å²) in [5.74, 6) is 1.60. The molecule has 1 aliphatic carbocycles. The van der Waals surface area contributed by atoms with Gasteiger partial charge in [-0.3, -0.25) is 14.5 Å². The lowest BCUT2D eigenvalue weighted by Crippen LogP contribution is -2.53. The van der Waals surface area contributed by atoms with E-state index in [1.165, 1.54) is 19.3 Å². The molecule has 2 amide bonds. The molecule has 2 saturated heterocycles. The van der Waals surface area contributed by atoms with Gasteiger partial charge >= 0.3 is 0 Å². The Bertz CT molecular complexity index is 477. The van der Waals surface area contributed by atoms with Gasteiger partial charge in [-0.15, -0.1) is 0 Å². The largest absolute Gasteiger partial charge is 0.358 e. The number of hydrogen-bond donors (Lipinski definition) is 1. The molecule has 1 spiro atoms. The molecular weight excluding hydrogens is 314 g/mol. The van der Waals surface area contributed by atoms with Crippen molar-refractivity contribution >= 4 is 11.8 Å². The molecule has 3 aliphatic rings. The fourth-order valence-corrected chi connectivity index (χ4v) is 5.04. The molecule has 3 rings (SSSR count). The van der Waals surface area contributed by atoms with Gasteiger partial charge in [-0.25, -0.2) is 0 Å². The highest BCUT2D eigenvalue weighted by Crippen LogP contribution is 2.41. The first-order chi connectivity index (χ1) is 12.0. The van der Waals surface area contributed by atoms with Crippen molar-refractivity contribution in [1.29, 1.82) is 0 Å². The van der Waals surface area contributed by atoms with Crippen molar-refractivity contribution in [1.82, 2.24) is 15.1 Å². The number of likely N-dealkylation sites (tertiary alicyclic amines) is 2. The second-order valence-corrected chi connectivity index (χ2v) is 8.77. The Morgan fingerprint density at radius 2 is 1.72 bits per heavy atom. The molecule has 0 radical (unpaired) electrons. The van der Waals surface area contributed by atoms with Gasteiger partial charge in [0.25, 0.3) is 0 Å². The van der Waals surface area contributed by atoms with Crippen LogP contribution in [0.3, 0.4) is 0 Å². The molecule has 0 aromatic carbocycles. The standard InChI is InChI=1S/C20H35N3O2/c1-16-4-6-17(7-5-16)19(25)23-11-3-8-20(15-23)9-12-22(13-10-20)14-18(24)21-2/h16-17H,3-15H2,1-2H3,(H,21,24). The lowest BCUT2D eigenvalue weighted by molar-refractivity contribution is -0.141. The number of hydrogen-bond acceptors (Lipinski definition) is 3. The van der Waals surface area contributed by atoms with Gasteiger partial charge in [0, 0.05) is 26.1 Å². The Kier molecular flexibility index (Phi) is 6.03.